The fraction of sp³-hybridized carbons (Fsp3) is 0.263. The van der Waals surface area contributed by atoms with Crippen LogP contribution in [-0.2, 0) is 9.59 Å². The van der Waals surface area contributed by atoms with Gasteiger partial charge in [0.1, 0.15) is 9.75 Å². The summed E-state index contributed by atoms with van der Waals surface area (Å²) in [6.45, 7) is 0. The van der Waals surface area contributed by atoms with Gasteiger partial charge in [-0.05, 0) is 11.5 Å². The lowest BCUT2D eigenvalue weighted by Gasteiger charge is -2.34. The Morgan fingerprint density at radius 3 is 1.82 bits per heavy atom. The Bertz CT molecular complexity index is 1080. The van der Waals surface area contributed by atoms with E-state index in [1.165, 1.54) is 0 Å². The molecule has 2 bridgehead atoms. The van der Waals surface area contributed by atoms with Crippen LogP contribution < -0.4 is 4.90 Å². The molecule has 1 heterocycles. The second-order valence-corrected chi connectivity index (χ2v) is 10.4. The van der Waals surface area contributed by atoms with Crippen molar-refractivity contribution >= 4 is 97.9 Å². The van der Waals surface area contributed by atoms with Crippen molar-refractivity contribution < 1.29 is 9.59 Å². The monoisotopic (exact) mass is 493 g/mol. The number of alkyl halides is 4. The van der Waals surface area contributed by atoms with Crippen LogP contribution in [0.1, 0.15) is 0 Å². The van der Waals surface area contributed by atoms with Crippen LogP contribution in [0.5, 0.6) is 0 Å². The van der Waals surface area contributed by atoms with Crippen LogP contribution in [0, 0.1) is 11.8 Å². The van der Waals surface area contributed by atoms with Crippen molar-refractivity contribution in [1.82, 2.24) is 0 Å². The quantitative estimate of drug-likeness (QED) is 0.371. The summed E-state index contributed by atoms with van der Waals surface area (Å²) in [7, 11) is 0. The number of nitrogens with zero attached hydrogens (tertiary/aromatic N) is 1. The number of hydrogen-bond acceptors (Lipinski definition) is 2. The number of fused-ring (bicyclic) bond motifs is 6. The Hall–Kier alpha value is -0.680. The highest BCUT2D eigenvalue weighted by molar-refractivity contribution is 6.67. The third kappa shape index (κ3) is 1.84. The van der Waals surface area contributed by atoms with E-state index in [1.54, 1.807) is 12.1 Å². The van der Waals surface area contributed by atoms with E-state index in [0.29, 0.717) is 5.69 Å². The number of carbonyl (C=O) groups is 2. The van der Waals surface area contributed by atoms with E-state index in [2.05, 4.69) is 0 Å². The lowest BCUT2D eigenvalue weighted by Crippen LogP contribution is -2.50. The first-order valence-electron chi connectivity index (χ1n) is 8.27. The van der Waals surface area contributed by atoms with Gasteiger partial charge in [0.25, 0.3) is 0 Å². The van der Waals surface area contributed by atoms with Crippen molar-refractivity contribution in [2.75, 3.05) is 4.90 Å². The maximum Gasteiger partial charge on any atom is 0.240 e. The Morgan fingerprint density at radius 1 is 0.750 bits per heavy atom. The number of halogens is 6. The van der Waals surface area contributed by atoms with Crippen molar-refractivity contribution in [2.24, 2.45) is 11.8 Å². The van der Waals surface area contributed by atoms with Gasteiger partial charge in [0.15, 0.2) is 4.33 Å². The molecule has 1 saturated carbocycles. The molecule has 0 radical (unpaired) electrons. The third-order valence-electron chi connectivity index (χ3n) is 5.92. The van der Waals surface area contributed by atoms with Crippen LogP contribution in [0.3, 0.4) is 0 Å². The van der Waals surface area contributed by atoms with Gasteiger partial charge >= 0.3 is 0 Å². The lowest BCUT2D eigenvalue weighted by molar-refractivity contribution is -0.123. The zero-order valence-corrected chi connectivity index (χ0v) is 18.3. The van der Waals surface area contributed by atoms with E-state index in [9.17, 15) is 9.59 Å². The predicted octanol–water partition coefficient (Wildman–Crippen LogP) is 5.79. The normalized spacial score (nSPS) is 36.0. The molecule has 2 fully saturated rings. The van der Waals surface area contributed by atoms with E-state index in [4.69, 9.17) is 69.6 Å². The number of hydrogen-bond donors (Lipinski definition) is 0. The molecule has 2 aromatic rings. The number of imide groups is 1. The highest BCUT2D eigenvalue weighted by atomic mass is 35.5. The highest BCUT2D eigenvalue weighted by Crippen LogP contribution is 2.77. The molecule has 0 spiro atoms. The maximum atomic E-state index is 13.4. The summed E-state index contributed by atoms with van der Waals surface area (Å²) in [4.78, 5) is 24.4. The first-order chi connectivity index (χ1) is 13.1. The lowest BCUT2D eigenvalue weighted by atomic mass is 9.84. The van der Waals surface area contributed by atoms with E-state index >= 15 is 0 Å². The van der Waals surface area contributed by atoms with Crippen LogP contribution >= 0.6 is 69.6 Å². The molecule has 2 aromatic carbocycles. The molecule has 4 atom stereocenters. The summed E-state index contributed by atoms with van der Waals surface area (Å²) in [5.74, 6) is -3.39. The fourth-order valence-corrected chi connectivity index (χ4v) is 7.56. The van der Waals surface area contributed by atoms with Gasteiger partial charge in [-0.1, -0.05) is 82.8 Å². The highest BCUT2D eigenvalue weighted by Gasteiger charge is 2.87. The molecule has 5 rings (SSSR count). The molecule has 3 nitrogen and oxygen atoms in total. The summed E-state index contributed by atoms with van der Waals surface area (Å²) in [6.07, 6.45) is 0. The average molecular weight is 496 g/mol. The summed E-state index contributed by atoms with van der Waals surface area (Å²) in [6, 6.07) is 12.7. The number of amides is 2. The first-order valence-corrected chi connectivity index (χ1v) is 10.5. The molecule has 2 amide bonds. The van der Waals surface area contributed by atoms with E-state index in [-0.39, 0.29) is 10.1 Å². The van der Waals surface area contributed by atoms with Crippen LogP contribution in [0.2, 0.25) is 0 Å². The van der Waals surface area contributed by atoms with Crippen molar-refractivity contribution in [3.05, 3.63) is 52.5 Å². The number of carbonyl (C=O) groups excluding carboxylic acids is 2. The van der Waals surface area contributed by atoms with E-state index < -0.39 is 37.7 Å². The van der Waals surface area contributed by atoms with Crippen LogP contribution in [0.25, 0.3) is 10.8 Å². The van der Waals surface area contributed by atoms with Gasteiger partial charge in [-0.2, -0.15) is 0 Å². The molecular formula is C19H9Cl6NO2. The predicted molar refractivity (Wildman–Crippen MR) is 114 cm³/mol. The maximum absolute atomic E-state index is 13.4. The third-order valence-corrected chi connectivity index (χ3v) is 10.2. The molecule has 0 N–H and O–H groups in total. The van der Waals surface area contributed by atoms with Crippen LogP contribution in [0.4, 0.5) is 5.69 Å². The van der Waals surface area contributed by atoms with E-state index in [1.807, 2.05) is 30.3 Å². The van der Waals surface area contributed by atoms with Gasteiger partial charge in [-0.3, -0.25) is 9.59 Å². The number of allylic oxidation sites excluding steroid dienone is 2. The second kappa shape index (κ2) is 5.72. The largest absolute Gasteiger partial charge is 0.274 e. The molecular weight excluding hydrogens is 487 g/mol. The van der Waals surface area contributed by atoms with Crippen molar-refractivity contribution in [3.8, 4) is 0 Å². The fourth-order valence-electron chi connectivity index (χ4n) is 4.64. The van der Waals surface area contributed by atoms with Crippen molar-refractivity contribution in [1.29, 1.82) is 0 Å². The van der Waals surface area contributed by atoms with Crippen LogP contribution in [0.15, 0.2) is 52.5 Å². The SMILES string of the molecule is O=C1[C@H]2[C@H](C(=O)N1c1cccc3ccccc13)[C@@]1(Cl)C(Cl)=C(Cl)[C@@]2(Cl)C1(Cl)Cl. The van der Waals surface area contributed by atoms with Crippen LogP contribution in [-0.4, -0.2) is 25.9 Å². The molecule has 144 valence electrons. The van der Waals surface area contributed by atoms with Gasteiger partial charge in [0, 0.05) is 5.39 Å². The smallest absolute Gasteiger partial charge is 0.240 e. The number of rotatable bonds is 1. The molecule has 28 heavy (non-hydrogen) atoms. The molecule has 1 saturated heterocycles. The first kappa shape index (κ1) is 19.3. The Morgan fingerprint density at radius 2 is 1.25 bits per heavy atom. The Kier molecular flexibility index (Phi) is 3.94. The van der Waals surface area contributed by atoms with Crippen molar-refractivity contribution in [2.45, 2.75) is 14.1 Å². The minimum atomic E-state index is -1.93. The topological polar surface area (TPSA) is 37.4 Å². The molecule has 3 aliphatic rings. The number of anilines is 1. The van der Waals surface area contributed by atoms with Gasteiger partial charge < -0.3 is 0 Å². The Labute approximate surface area is 190 Å². The van der Waals surface area contributed by atoms with E-state index in [0.717, 1.165) is 15.7 Å². The van der Waals surface area contributed by atoms with Crippen molar-refractivity contribution in [3.63, 3.8) is 0 Å². The molecule has 1 aliphatic heterocycles. The molecule has 0 unspecified atom stereocenters. The zero-order chi connectivity index (χ0) is 20.2. The molecule has 9 heteroatoms. The Balaban J connectivity index is 1.74. The second-order valence-electron chi connectivity index (χ2n) is 7.09. The van der Waals surface area contributed by atoms with Gasteiger partial charge in [-0.15, -0.1) is 23.2 Å². The summed E-state index contributed by atoms with van der Waals surface area (Å²) in [5.41, 5.74) is 0.435. The average Bonchev–Trinajstić information content (AvgIpc) is 3.05. The number of benzene rings is 2. The summed E-state index contributed by atoms with van der Waals surface area (Å²) in [5, 5.41) is 1.41. The van der Waals surface area contributed by atoms with Gasteiger partial charge in [-0.25, -0.2) is 4.90 Å². The summed E-state index contributed by atoms with van der Waals surface area (Å²) < 4.78 is -1.93. The minimum Gasteiger partial charge on any atom is -0.274 e. The molecule has 0 aromatic heterocycles. The molecule has 2 aliphatic carbocycles. The standard InChI is InChI=1S/C19H9Cl6NO2/c20-13-14(21)18(23)12-11(17(13,22)19(18,24)25)15(27)26(16(12)28)10-7-3-5-8-4-1-2-6-9(8)10/h1-7,11-12H/t11-,12-,17-,18-/m1/s1. The minimum absolute atomic E-state index is 0.0991. The van der Waals surface area contributed by atoms with Gasteiger partial charge in [0.2, 0.25) is 11.8 Å². The summed E-state index contributed by atoms with van der Waals surface area (Å²) >= 11 is 39.1. The zero-order valence-electron chi connectivity index (χ0n) is 13.7. The van der Waals surface area contributed by atoms with Gasteiger partial charge in [0.05, 0.1) is 27.6 Å².